The molecule has 0 spiro atoms. The number of aromatic nitrogens is 4. The molecule has 1 unspecified atom stereocenters. The zero-order chi connectivity index (χ0) is 18.5. The van der Waals surface area contributed by atoms with Gasteiger partial charge in [-0.1, -0.05) is 0 Å². The largest absolute Gasteiger partial charge is 0.369 e. The van der Waals surface area contributed by atoms with Crippen LogP contribution in [0.3, 0.4) is 0 Å². The van der Waals surface area contributed by atoms with E-state index < -0.39 is 0 Å². The maximum absolute atomic E-state index is 6.01. The van der Waals surface area contributed by atoms with E-state index >= 15 is 0 Å². The summed E-state index contributed by atoms with van der Waals surface area (Å²) in [5.41, 5.74) is 7.37. The highest BCUT2D eigenvalue weighted by Crippen LogP contribution is 2.37. The fraction of sp³-hybridized carbons (Fsp3) is 0.381. The molecule has 27 heavy (non-hydrogen) atoms. The van der Waals surface area contributed by atoms with Crippen LogP contribution in [0.1, 0.15) is 53.9 Å². The van der Waals surface area contributed by atoms with Crippen molar-refractivity contribution >= 4 is 32.5 Å². The zero-order valence-corrected chi connectivity index (χ0v) is 17.0. The predicted octanol–water partition coefficient (Wildman–Crippen LogP) is 5.09. The monoisotopic (exact) mass is 424 g/mol. The molecular formula is C21H21BrN4O. The van der Waals surface area contributed by atoms with Gasteiger partial charge in [-0.2, -0.15) is 5.10 Å². The molecule has 0 N–H and O–H groups in total. The van der Waals surface area contributed by atoms with E-state index in [1.165, 1.54) is 24.0 Å². The SMILES string of the molecule is Cc1nc2cc(C3=CC(c4cnn(C5CC5)c4)OCC3)cc(Br)c2nc1C. The van der Waals surface area contributed by atoms with Gasteiger partial charge in [-0.15, -0.1) is 0 Å². The molecule has 1 aliphatic carbocycles. The summed E-state index contributed by atoms with van der Waals surface area (Å²) in [4.78, 5) is 9.42. The van der Waals surface area contributed by atoms with Gasteiger partial charge in [0.25, 0.3) is 0 Å². The van der Waals surface area contributed by atoms with Crippen molar-refractivity contribution in [3.05, 3.63) is 57.6 Å². The second kappa shape index (κ2) is 6.53. The van der Waals surface area contributed by atoms with Crippen LogP contribution in [0.4, 0.5) is 0 Å². The van der Waals surface area contributed by atoms with Crippen molar-refractivity contribution in [1.29, 1.82) is 0 Å². The Kier molecular flexibility index (Phi) is 4.13. The molecule has 0 saturated heterocycles. The number of hydrogen-bond acceptors (Lipinski definition) is 4. The first-order valence-electron chi connectivity index (χ1n) is 9.40. The molecule has 0 radical (unpaired) electrons. The summed E-state index contributed by atoms with van der Waals surface area (Å²) < 4.78 is 9.07. The molecule has 1 aromatic carbocycles. The highest BCUT2D eigenvalue weighted by molar-refractivity contribution is 9.10. The second-order valence-electron chi connectivity index (χ2n) is 7.44. The predicted molar refractivity (Wildman–Crippen MR) is 108 cm³/mol. The van der Waals surface area contributed by atoms with E-state index in [4.69, 9.17) is 9.72 Å². The first-order chi connectivity index (χ1) is 13.1. The van der Waals surface area contributed by atoms with E-state index in [2.05, 4.69) is 55.1 Å². The minimum atomic E-state index is -0.0402. The van der Waals surface area contributed by atoms with Crippen molar-refractivity contribution in [2.75, 3.05) is 6.61 Å². The molecule has 5 rings (SSSR count). The topological polar surface area (TPSA) is 52.8 Å². The fourth-order valence-electron chi connectivity index (χ4n) is 3.56. The quantitative estimate of drug-likeness (QED) is 0.587. The molecule has 1 atom stereocenters. The third kappa shape index (κ3) is 3.21. The highest BCUT2D eigenvalue weighted by atomic mass is 79.9. The van der Waals surface area contributed by atoms with Gasteiger partial charge in [0.1, 0.15) is 11.6 Å². The van der Waals surface area contributed by atoms with Gasteiger partial charge in [-0.25, -0.2) is 9.97 Å². The summed E-state index contributed by atoms with van der Waals surface area (Å²) in [7, 11) is 0. The van der Waals surface area contributed by atoms with Crippen LogP contribution in [0.25, 0.3) is 16.6 Å². The smallest absolute Gasteiger partial charge is 0.104 e. The summed E-state index contributed by atoms with van der Waals surface area (Å²) in [6.45, 7) is 4.71. The molecular weight excluding hydrogens is 404 g/mol. The molecule has 2 aliphatic rings. The van der Waals surface area contributed by atoms with Crippen molar-refractivity contribution in [3.63, 3.8) is 0 Å². The van der Waals surface area contributed by atoms with Gasteiger partial charge in [-0.3, -0.25) is 4.68 Å². The van der Waals surface area contributed by atoms with E-state index in [0.717, 1.165) is 38.9 Å². The summed E-state index contributed by atoms with van der Waals surface area (Å²) in [6, 6.07) is 4.88. The van der Waals surface area contributed by atoms with Gasteiger partial charge >= 0.3 is 0 Å². The number of rotatable bonds is 3. The van der Waals surface area contributed by atoms with Crippen LogP contribution in [-0.2, 0) is 4.74 Å². The molecule has 3 heterocycles. The van der Waals surface area contributed by atoms with Crippen molar-refractivity contribution < 1.29 is 4.74 Å². The highest BCUT2D eigenvalue weighted by Gasteiger charge is 2.26. The van der Waals surface area contributed by atoms with Gasteiger partial charge < -0.3 is 4.74 Å². The summed E-state index contributed by atoms with van der Waals surface area (Å²) in [6.07, 6.45) is 9.62. The Hall–Kier alpha value is -2.05. The summed E-state index contributed by atoms with van der Waals surface area (Å²) in [5, 5.41) is 4.51. The van der Waals surface area contributed by atoms with Crippen LogP contribution in [-0.4, -0.2) is 26.4 Å². The van der Waals surface area contributed by atoms with Gasteiger partial charge in [0.2, 0.25) is 0 Å². The van der Waals surface area contributed by atoms with Crippen molar-refractivity contribution in [2.24, 2.45) is 0 Å². The Morgan fingerprint density at radius 1 is 1.15 bits per heavy atom. The van der Waals surface area contributed by atoms with Crippen LogP contribution in [0.2, 0.25) is 0 Å². The van der Waals surface area contributed by atoms with Crippen LogP contribution in [0, 0.1) is 13.8 Å². The average molecular weight is 425 g/mol. The summed E-state index contributed by atoms with van der Waals surface area (Å²) in [5.74, 6) is 0. The van der Waals surface area contributed by atoms with Crippen LogP contribution >= 0.6 is 15.9 Å². The zero-order valence-electron chi connectivity index (χ0n) is 15.4. The third-order valence-electron chi connectivity index (χ3n) is 5.40. The lowest BCUT2D eigenvalue weighted by molar-refractivity contribution is 0.0826. The van der Waals surface area contributed by atoms with E-state index in [1.807, 2.05) is 20.0 Å². The number of benzene rings is 1. The number of halogens is 1. The summed E-state index contributed by atoms with van der Waals surface area (Å²) >= 11 is 3.69. The molecule has 3 aromatic rings. The molecule has 5 nitrogen and oxygen atoms in total. The number of fused-ring (bicyclic) bond motifs is 1. The lowest BCUT2D eigenvalue weighted by Gasteiger charge is -2.22. The van der Waals surface area contributed by atoms with Crippen molar-refractivity contribution in [3.8, 4) is 0 Å². The average Bonchev–Trinajstić information content (AvgIpc) is 3.40. The molecule has 2 aromatic heterocycles. The standard InChI is InChI=1S/C21H21BrN4O/c1-12-13(2)25-21-18(22)7-15(8-19(21)24-12)14-5-6-27-20(9-14)16-10-23-26(11-16)17-3-4-17/h7-11,17,20H,3-6H2,1-2H3. The molecule has 6 heteroatoms. The Labute approximate surface area is 166 Å². The Balaban J connectivity index is 1.52. The number of ether oxygens (including phenoxy) is 1. The minimum Gasteiger partial charge on any atom is -0.369 e. The van der Waals surface area contributed by atoms with E-state index in [1.54, 1.807) is 0 Å². The van der Waals surface area contributed by atoms with E-state index in [9.17, 15) is 0 Å². The van der Waals surface area contributed by atoms with Gasteiger partial charge in [-0.05, 0) is 78.4 Å². The van der Waals surface area contributed by atoms with Crippen LogP contribution in [0.15, 0.2) is 35.1 Å². The van der Waals surface area contributed by atoms with Crippen LogP contribution in [0.5, 0.6) is 0 Å². The number of nitrogens with zero attached hydrogens (tertiary/aromatic N) is 4. The van der Waals surface area contributed by atoms with Gasteiger partial charge in [0.05, 0.1) is 35.8 Å². The fourth-order valence-corrected chi connectivity index (χ4v) is 4.10. The van der Waals surface area contributed by atoms with Crippen molar-refractivity contribution in [2.45, 2.75) is 45.3 Å². The molecule has 1 fully saturated rings. The maximum atomic E-state index is 6.01. The Morgan fingerprint density at radius 3 is 2.78 bits per heavy atom. The third-order valence-corrected chi connectivity index (χ3v) is 6.00. The molecule has 138 valence electrons. The lowest BCUT2D eigenvalue weighted by Crippen LogP contribution is -2.10. The maximum Gasteiger partial charge on any atom is 0.104 e. The minimum absolute atomic E-state index is 0.0402. The van der Waals surface area contributed by atoms with Crippen molar-refractivity contribution in [1.82, 2.24) is 19.7 Å². The second-order valence-corrected chi connectivity index (χ2v) is 8.29. The molecule has 0 bridgehead atoms. The van der Waals surface area contributed by atoms with E-state index in [-0.39, 0.29) is 6.10 Å². The first kappa shape index (κ1) is 17.1. The lowest BCUT2D eigenvalue weighted by atomic mass is 9.97. The molecule has 1 saturated carbocycles. The molecule has 1 aliphatic heterocycles. The van der Waals surface area contributed by atoms with Crippen LogP contribution < -0.4 is 0 Å². The molecule has 0 amide bonds. The Morgan fingerprint density at radius 2 is 1.96 bits per heavy atom. The first-order valence-corrected chi connectivity index (χ1v) is 10.2. The van der Waals surface area contributed by atoms with Gasteiger partial charge in [0.15, 0.2) is 0 Å². The van der Waals surface area contributed by atoms with Gasteiger partial charge in [0, 0.05) is 16.2 Å². The van der Waals surface area contributed by atoms with E-state index in [0.29, 0.717) is 12.6 Å². The Bertz CT molecular complexity index is 1070. The normalized spacial score (nSPS) is 20.1. The number of aryl methyl sites for hydroxylation is 2. The number of hydrogen-bond donors (Lipinski definition) is 0.